The van der Waals surface area contributed by atoms with Gasteiger partial charge in [-0.15, -0.1) is 0 Å². The van der Waals surface area contributed by atoms with E-state index in [1.165, 1.54) is 45.8 Å². The van der Waals surface area contributed by atoms with Crippen molar-refractivity contribution >= 4 is 29.1 Å². The largest absolute Gasteiger partial charge is 0.339 e. The summed E-state index contributed by atoms with van der Waals surface area (Å²) in [4.78, 5) is 5.17. The standard InChI is InChI=1S/C27H34N2/c1-6-9-22-14-24(18(2)3)15-25(19(22)4)28-20(5)27-16-23-10-7-8-11-26(23)29(27)17-21-12-13-21/h10-11,14-16,21H,2,6-9,12-13,17H2,1,3-5H3/b28-20+. The van der Waals surface area contributed by atoms with Crippen LogP contribution >= 0.6 is 0 Å². The van der Waals surface area contributed by atoms with E-state index in [1.807, 2.05) is 0 Å². The van der Waals surface area contributed by atoms with Gasteiger partial charge >= 0.3 is 0 Å². The lowest BCUT2D eigenvalue weighted by Crippen LogP contribution is -2.32. The fourth-order valence-corrected chi connectivity index (χ4v) is 4.38. The number of fused-ring (bicyclic) bond motifs is 1. The number of nitrogens with zero attached hydrogens (tertiary/aromatic N) is 2. The maximum Gasteiger partial charge on any atom is 0.0671 e. The van der Waals surface area contributed by atoms with Crippen LogP contribution in [0.1, 0.15) is 75.3 Å². The topological polar surface area (TPSA) is 17.3 Å². The lowest BCUT2D eigenvalue weighted by molar-refractivity contribution is 0.610. The molecule has 0 atom stereocenters. The molecule has 2 aliphatic carbocycles. The normalized spacial score (nSPS) is 16.2. The minimum absolute atomic E-state index is 0.845. The molecule has 4 rings (SSSR count). The van der Waals surface area contributed by atoms with Gasteiger partial charge in [0.15, 0.2) is 0 Å². The smallest absolute Gasteiger partial charge is 0.0671 e. The fourth-order valence-electron chi connectivity index (χ4n) is 4.38. The molecule has 2 nitrogen and oxygen atoms in total. The quantitative estimate of drug-likeness (QED) is 0.544. The Morgan fingerprint density at radius 1 is 1.14 bits per heavy atom. The van der Waals surface area contributed by atoms with Crippen molar-refractivity contribution in [3.05, 3.63) is 57.7 Å². The molecule has 0 unspecified atom stereocenters. The van der Waals surface area contributed by atoms with Crippen molar-refractivity contribution in [2.75, 3.05) is 0 Å². The molecule has 0 bridgehead atoms. The van der Waals surface area contributed by atoms with E-state index in [1.54, 1.807) is 0 Å². The highest BCUT2D eigenvalue weighted by Gasteiger charge is 2.24. The van der Waals surface area contributed by atoms with E-state index < -0.39 is 0 Å². The lowest BCUT2D eigenvalue weighted by Gasteiger charge is -2.14. The first-order valence-electron chi connectivity index (χ1n) is 11.2. The fraction of sp³-hybridized carbons (Fsp3) is 0.444. The molecule has 0 radical (unpaired) electrons. The molecular formula is C27H34N2. The molecule has 0 amide bonds. The molecule has 1 fully saturated rings. The van der Waals surface area contributed by atoms with Crippen molar-refractivity contribution in [3.63, 3.8) is 0 Å². The van der Waals surface area contributed by atoms with Crippen LogP contribution in [0.3, 0.4) is 0 Å². The zero-order valence-electron chi connectivity index (χ0n) is 18.5. The minimum atomic E-state index is 0.845. The molecule has 0 aliphatic heterocycles. The number of aliphatic imine (C=N–C) groups is 1. The SMILES string of the molecule is C=C(C)c1cc(CCC)c(C)c(/N=C(\C)c2cc3c(n2CC2CC2)=CCCC=3)c1. The second-order valence-electron chi connectivity index (χ2n) is 8.92. The van der Waals surface area contributed by atoms with Gasteiger partial charge in [-0.1, -0.05) is 43.7 Å². The Labute approximate surface area is 175 Å². The first-order valence-corrected chi connectivity index (χ1v) is 11.2. The van der Waals surface area contributed by atoms with Crippen molar-refractivity contribution in [2.45, 2.75) is 72.8 Å². The Bertz CT molecular complexity index is 1090. The molecule has 1 heterocycles. The van der Waals surface area contributed by atoms with E-state index >= 15 is 0 Å². The third kappa shape index (κ3) is 4.17. The van der Waals surface area contributed by atoms with Gasteiger partial charge in [-0.25, -0.2) is 0 Å². The van der Waals surface area contributed by atoms with Gasteiger partial charge in [0.05, 0.1) is 17.1 Å². The Hall–Kier alpha value is -2.35. The minimum Gasteiger partial charge on any atom is -0.339 e. The Morgan fingerprint density at radius 2 is 1.90 bits per heavy atom. The predicted molar refractivity (Wildman–Crippen MR) is 126 cm³/mol. The van der Waals surface area contributed by atoms with E-state index in [4.69, 9.17) is 4.99 Å². The summed E-state index contributed by atoms with van der Waals surface area (Å²) in [7, 11) is 0. The summed E-state index contributed by atoms with van der Waals surface area (Å²) in [6.45, 7) is 14.0. The van der Waals surface area contributed by atoms with Gasteiger partial charge in [0, 0.05) is 11.9 Å². The van der Waals surface area contributed by atoms with Crippen molar-refractivity contribution < 1.29 is 0 Å². The zero-order chi connectivity index (χ0) is 20.5. The van der Waals surface area contributed by atoms with Crippen LogP contribution in [0.5, 0.6) is 0 Å². The van der Waals surface area contributed by atoms with E-state index in [9.17, 15) is 0 Å². The number of benzene rings is 1. The van der Waals surface area contributed by atoms with Gasteiger partial charge in [0.2, 0.25) is 0 Å². The van der Waals surface area contributed by atoms with E-state index in [-0.39, 0.29) is 0 Å². The van der Waals surface area contributed by atoms with Crippen LogP contribution in [0.4, 0.5) is 5.69 Å². The highest BCUT2D eigenvalue weighted by molar-refractivity contribution is 5.99. The van der Waals surface area contributed by atoms with Gasteiger partial charge in [-0.2, -0.15) is 0 Å². The van der Waals surface area contributed by atoms with Crippen LogP contribution < -0.4 is 10.6 Å². The molecule has 2 aromatic rings. The summed E-state index contributed by atoms with van der Waals surface area (Å²) in [5.41, 5.74) is 8.51. The van der Waals surface area contributed by atoms with Crippen molar-refractivity contribution in [3.8, 4) is 0 Å². The molecule has 1 saturated carbocycles. The van der Waals surface area contributed by atoms with Crippen LogP contribution in [0.25, 0.3) is 17.7 Å². The molecule has 29 heavy (non-hydrogen) atoms. The third-order valence-electron chi connectivity index (χ3n) is 6.33. The monoisotopic (exact) mass is 386 g/mol. The van der Waals surface area contributed by atoms with Crippen LogP contribution in [-0.4, -0.2) is 10.3 Å². The van der Waals surface area contributed by atoms with Gasteiger partial charge in [0.25, 0.3) is 0 Å². The molecule has 2 heteroatoms. The van der Waals surface area contributed by atoms with E-state index in [0.717, 1.165) is 55.1 Å². The average molecular weight is 387 g/mol. The number of rotatable bonds is 7. The number of allylic oxidation sites excluding steroid dienone is 1. The van der Waals surface area contributed by atoms with Crippen LogP contribution in [0, 0.1) is 12.8 Å². The summed E-state index contributed by atoms with van der Waals surface area (Å²) in [5, 5.41) is 2.80. The average Bonchev–Trinajstić information content (AvgIpc) is 3.44. The van der Waals surface area contributed by atoms with Crippen molar-refractivity contribution in [2.24, 2.45) is 10.9 Å². The number of aryl methyl sites for hydroxylation is 1. The summed E-state index contributed by atoms with van der Waals surface area (Å²) < 4.78 is 2.53. The molecule has 2 aliphatic rings. The second-order valence-corrected chi connectivity index (χ2v) is 8.92. The maximum atomic E-state index is 5.17. The summed E-state index contributed by atoms with van der Waals surface area (Å²) in [6, 6.07) is 6.87. The Kier molecular flexibility index (Phi) is 5.63. The maximum absolute atomic E-state index is 5.17. The molecule has 0 spiro atoms. The van der Waals surface area contributed by atoms with Gasteiger partial charge < -0.3 is 4.57 Å². The third-order valence-corrected chi connectivity index (χ3v) is 6.33. The Morgan fingerprint density at radius 3 is 2.59 bits per heavy atom. The molecule has 152 valence electrons. The second kappa shape index (κ2) is 8.18. The van der Waals surface area contributed by atoms with Crippen molar-refractivity contribution in [1.29, 1.82) is 0 Å². The molecule has 0 saturated heterocycles. The van der Waals surface area contributed by atoms with Gasteiger partial charge in [-0.05, 0) is 92.8 Å². The molecule has 1 aromatic heterocycles. The predicted octanol–water partition coefficient (Wildman–Crippen LogP) is 5.69. The van der Waals surface area contributed by atoms with Crippen LogP contribution in [0.2, 0.25) is 0 Å². The number of aromatic nitrogens is 1. The highest BCUT2D eigenvalue weighted by atomic mass is 15.0. The molecule has 1 aromatic carbocycles. The molecule has 0 N–H and O–H groups in total. The van der Waals surface area contributed by atoms with Crippen LogP contribution in [-0.2, 0) is 13.0 Å². The number of hydrogen-bond acceptors (Lipinski definition) is 1. The summed E-state index contributed by atoms with van der Waals surface area (Å²) in [6.07, 6.45) is 12.1. The van der Waals surface area contributed by atoms with E-state index in [2.05, 4.69) is 69.2 Å². The molecular weight excluding hydrogens is 352 g/mol. The van der Waals surface area contributed by atoms with Crippen LogP contribution in [0.15, 0.2) is 29.8 Å². The lowest BCUT2D eigenvalue weighted by atomic mass is 9.96. The van der Waals surface area contributed by atoms with Gasteiger partial charge in [0.1, 0.15) is 0 Å². The van der Waals surface area contributed by atoms with Crippen molar-refractivity contribution in [1.82, 2.24) is 4.57 Å². The Balaban J connectivity index is 1.82. The highest BCUT2D eigenvalue weighted by Crippen LogP contribution is 2.31. The number of hydrogen-bond donors (Lipinski definition) is 0. The first-order chi connectivity index (χ1) is 14.0. The van der Waals surface area contributed by atoms with Gasteiger partial charge in [-0.3, -0.25) is 4.99 Å². The van der Waals surface area contributed by atoms with E-state index in [0.29, 0.717) is 0 Å². The first kappa shape index (κ1) is 19.9. The summed E-state index contributed by atoms with van der Waals surface area (Å²) in [5.74, 6) is 0.845. The zero-order valence-corrected chi connectivity index (χ0v) is 18.5. The summed E-state index contributed by atoms with van der Waals surface area (Å²) >= 11 is 0.